The van der Waals surface area contributed by atoms with Gasteiger partial charge in [0.05, 0.1) is 5.57 Å². The lowest BCUT2D eigenvalue weighted by molar-refractivity contribution is 0.105. The highest BCUT2D eigenvalue weighted by molar-refractivity contribution is 6.29. The second kappa shape index (κ2) is 6.73. The second-order valence-electron chi connectivity index (χ2n) is 6.06. The molecule has 0 unspecified atom stereocenters. The van der Waals surface area contributed by atoms with E-state index in [1.807, 2.05) is 44.2 Å². The van der Waals surface area contributed by atoms with E-state index in [-0.39, 0.29) is 11.5 Å². The van der Waals surface area contributed by atoms with E-state index in [1.54, 1.807) is 30.0 Å². The van der Waals surface area contributed by atoms with Crippen LogP contribution < -0.4 is 0 Å². The lowest BCUT2D eigenvalue weighted by atomic mass is 9.95. The first-order valence-electron chi connectivity index (χ1n) is 7.96. The van der Waals surface area contributed by atoms with Gasteiger partial charge in [-0.05, 0) is 56.7 Å². The Morgan fingerprint density at radius 3 is 2.44 bits per heavy atom. The number of carbonyl (C=O) groups is 1. The SMILES string of the molecule is CC(C)=C(C(=O)c1ccc(O)cc1C)c1nncn1-c1ccccc1. The van der Waals surface area contributed by atoms with Gasteiger partial charge in [0.2, 0.25) is 0 Å². The summed E-state index contributed by atoms with van der Waals surface area (Å²) in [6.07, 6.45) is 1.60. The van der Waals surface area contributed by atoms with Crippen molar-refractivity contribution in [2.75, 3.05) is 0 Å². The summed E-state index contributed by atoms with van der Waals surface area (Å²) in [6.45, 7) is 5.57. The number of aryl methyl sites for hydroxylation is 1. The van der Waals surface area contributed by atoms with E-state index in [2.05, 4.69) is 10.2 Å². The van der Waals surface area contributed by atoms with Crippen LogP contribution in [0.3, 0.4) is 0 Å². The average molecular weight is 333 g/mol. The number of para-hydroxylation sites is 1. The first-order chi connectivity index (χ1) is 12.0. The molecule has 0 bridgehead atoms. The highest BCUT2D eigenvalue weighted by Crippen LogP contribution is 2.26. The van der Waals surface area contributed by atoms with Crippen molar-refractivity contribution in [2.45, 2.75) is 20.8 Å². The summed E-state index contributed by atoms with van der Waals surface area (Å²) in [5.74, 6) is 0.506. The van der Waals surface area contributed by atoms with E-state index in [9.17, 15) is 9.90 Å². The van der Waals surface area contributed by atoms with Crippen molar-refractivity contribution >= 4 is 11.4 Å². The lowest BCUT2D eigenvalue weighted by Crippen LogP contribution is -2.11. The zero-order valence-electron chi connectivity index (χ0n) is 14.4. The summed E-state index contributed by atoms with van der Waals surface area (Å²) in [7, 11) is 0. The van der Waals surface area contributed by atoms with Gasteiger partial charge in [-0.3, -0.25) is 9.36 Å². The molecule has 25 heavy (non-hydrogen) atoms. The second-order valence-corrected chi connectivity index (χ2v) is 6.06. The number of allylic oxidation sites excluding steroid dienone is 2. The molecular weight excluding hydrogens is 314 g/mol. The Hall–Kier alpha value is -3.21. The molecule has 0 aliphatic heterocycles. The number of hydrogen-bond donors (Lipinski definition) is 1. The van der Waals surface area contributed by atoms with Crippen LogP contribution in [0.4, 0.5) is 0 Å². The van der Waals surface area contributed by atoms with E-state index in [0.29, 0.717) is 17.0 Å². The first kappa shape index (κ1) is 16.6. The minimum atomic E-state index is -0.136. The van der Waals surface area contributed by atoms with E-state index in [4.69, 9.17) is 0 Å². The third-order valence-electron chi connectivity index (χ3n) is 3.99. The molecule has 5 heteroatoms. The zero-order chi connectivity index (χ0) is 18.0. The molecule has 1 N–H and O–H groups in total. The van der Waals surface area contributed by atoms with Gasteiger partial charge < -0.3 is 5.11 Å². The maximum absolute atomic E-state index is 13.2. The highest BCUT2D eigenvalue weighted by Gasteiger charge is 2.23. The maximum Gasteiger partial charge on any atom is 0.197 e. The number of Topliss-reactive ketones (excluding diaryl/α,β-unsaturated/α-hetero) is 1. The molecule has 0 amide bonds. The molecule has 1 aromatic heterocycles. The summed E-state index contributed by atoms with van der Waals surface area (Å²) in [6, 6.07) is 14.4. The smallest absolute Gasteiger partial charge is 0.197 e. The van der Waals surface area contributed by atoms with Crippen molar-refractivity contribution in [1.29, 1.82) is 0 Å². The molecule has 1 heterocycles. The van der Waals surface area contributed by atoms with Gasteiger partial charge >= 0.3 is 0 Å². The van der Waals surface area contributed by atoms with Crippen molar-refractivity contribution in [2.24, 2.45) is 0 Å². The van der Waals surface area contributed by atoms with Crippen molar-refractivity contribution in [3.05, 3.63) is 77.4 Å². The number of phenolic OH excluding ortho intramolecular Hbond substituents is 1. The number of ketones is 1. The predicted octanol–water partition coefficient (Wildman–Crippen LogP) is 3.96. The Bertz CT molecular complexity index is 952. The largest absolute Gasteiger partial charge is 0.508 e. The molecule has 5 nitrogen and oxygen atoms in total. The Morgan fingerprint density at radius 2 is 1.80 bits per heavy atom. The predicted molar refractivity (Wildman–Crippen MR) is 96.8 cm³/mol. The van der Waals surface area contributed by atoms with Crippen LogP contribution in [0.1, 0.15) is 35.6 Å². The van der Waals surface area contributed by atoms with Crippen LogP contribution in [0.15, 0.2) is 60.4 Å². The van der Waals surface area contributed by atoms with E-state index < -0.39 is 0 Å². The van der Waals surface area contributed by atoms with Gasteiger partial charge in [0.15, 0.2) is 11.6 Å². The molecule has 0 saturated carbocycles. The van der Waals surface area contributed by atoms with E-state index >= 15 is 0 Å². The summed E-state index contributed by atoms with van der Waals surface area (Å²) in [5.41, 5.74) is 3.50. The Kier molecular flexibility index (Phi) is 4.48. The molecule has 0 saturated heterocycles. The fraction of sp³-hybridized carbons (Fsp3) is 0.150. The Labute approximate surface area is 146 Å². The van der Waals surface area contributed by atoms with Crippen LogP contribution in [0.5, 0.6) is 5.75 Å². The molecule has 3 rings (SSSR count). The summed E-state index contributed by atoms with van der Waals surface area (Å²) in [5, 5.41) is 17.8. The summed E-state index contributed by atoms with van der Waals surface area (Å²) >= 11 is 0. The van der Waals surface area contributed by atoms with Crippen LogP contribution in [0, 0.1) is 6.92 Å². The number of phenols is 1. The van der Waals surface area contributed by atoms with Crippen molar-refractivity contribution in [3.8, 4) is 11.4 Å². The first-order valence-corrected chi connectivity index (χ1v) is 7.96. The molecule has 0 aliphatic rings. The molecule has 0 radical (unpaired) electrons. The highest BCUT2D eigenvalue weighted by atomic mass is 16.3. The Balaban J connectivity index is 2.12. The van der Waals surface area contributed by atoms with E-state index in [1.165, 1.54) is 6.07 Å². The van der Waals surface area contributed by atoms with Crippen LogP contribution in [-0.2, 0) is 0 Å². The number of carbonyl (C=O) groups excluding carboxylic acids is 1. The number of rotatable bonds is 4. The molecule has 3 aromatic rings. The number of nitrogens with zero attached hydrogens (tertiary/aromatic N) is 3. The molecule has 0 spiro atoms. The van der Waals surface area contributed by atoms with E-state index in [0.717, 1.165) is 16.8 Å². The quantitative estimate of drug-likeness (QED) is 0.580. The normalized spacial score (nSPS) is 10.5. The maximum atomic E-state index is 13.2. The average Bonchev–Trinajstić information content (AvgIpc) is 3.04. The molecule has 0 fully saturated rings. The van der Waals surface area contributed by atoms with Gasteiger partial charge in [-0.15, -0.1) is 10.2 Å². The van der Waals surface area contributed by atoms with Gasteiger partial charge in [0.25, 0.3) is 0 Å². The third-order valence-corrected chi connectivity index (χ3v) is 3.99. The van der Waals surface area contributed by atoms with Crippen molar-refractivity contribution in [1.82, 2.24) is 14.8 Å². The molecule has 0 atom stereocenters. The van der Waals surface area contributed by atoms with Crippen LogP contribution in [0.25, 0.3) is 11.3 Å². The van der Waals surface area contributed by atoms with Gasteiger partial charge in [0.1, 0.15) is 12.1 Å². The summed E-state index contributed by atoms with van der Waals surface area (Å²) in [4.78, 5) is 13.2. The standard InChI is InChI=1S/C20H19N3O2/c1-13(2)18(19(25)17-10-9-16(24)11-14(17)3)20-22-21-12-23(20)15-7-5-4-6-8-15/h4-12,24H,1-3H3. The van der Waals surface area contributed by atoms with Gasteiger partial charge in [-0.25, -0.2) is 0 Å². The minimum Gasteiger partial charge on any atom is -0.508 e. The number of hydrogen-bond acceptors (Lipinski definition) is 4. The fourth-order valence-electron chi connectivity index (χ4n) is 2.77. The third kappa shape index (κ3) is 3.21. The number of benzene rings is 2. The number of aromatic hydroxyl groups is 1. The summed E-state index contributed by atoms with van der Waals surface area (Å²) < 4.78 is 1.80. The topological polar surface area (TPSA) is 68.0 Å². The molecule has 2 aromatic carbocycles. The molecule has 0 aliphatic carbocycles. The zero-order valence-corrected chi connectivity index (χ0v) is 14.4. The van der Waals surface area contributed by atoms with Crippen molar-refractivity contribution in [3.63, 3.8) is 0 Å². The Morgan fingerprint density at radius 1 is 1.08 bits per heavy atom. The van der Waals surface area contributed by atoms with Gasteiger partial charge in [0, 0.05) is 11.3 Å². The van der Waals surface area contributed by atoms with Crippen LogP contribution in [-0.4, -0.2) is 25.7 Å². The molecule has 126 valence electrons. The number of aromatic nitrogens is 3. The fourth-order valence-corrected chi connectivity index (χ4v) is 2.77. The molecular formula is C20H19N3O2. The monoisotopic (exact) mass is 333 g/mol. The minimum absolute atomic E-state index is 0.136. The van der Waals surface area contributed by atoms with Gasteiger partial charge in [-0.1, -0.05) is 23.8 Å². The lowest BCUT2D eigenvalue weighted by Gasteiger charge is -2.13. The van der Waals surface area contributed by atoms with Gasteiger partial charge in [-0.2, -0.15) is 0 Å². The van der Waals surface area contributed by atoms with Crippen LogP contribution >= 0.6 is 0 Å². The van der Waals surface area contributed by atoms with Crippen molar-refractivity contribution < 1.29 is 9.90 Å². The van der Waals surface area contributed by atoms with Crippen LogP contribution in [0.2, 0.25) is 0 Å².